The quantitative estimate of drug-likeness (QED) is 0.348. The third kappa shape index (κ3) is 4.66. The van der Waals surface area contributed by atoms with Crippen LogP contribution in [0.2, 0.25) is 0 Å². The number of H-pyrrole nitrogens is 1. The minimum absolute atomic E-state index is 0.00731. The number of sulfonamides is 1. The Morgan fingerprint density at radius 2 is 1.82 bits per heavy atom. The van der Waals surface area contributed by atoms with E-state index in [2.05, 4.69) is 41.8 Å². The molecule has 0 spiro atoms. The predicted octanol–water partition coefficient (Wildman–Crippen LogP) is 1.38. The van der Waals surface area contributed by atoms with Crippen LogP contribution in [0.3, 0.4) is 0 Å². The molecule has 5 heterocycles. The van der Waals surface area contributed by atoms with Crippen LogP contribution in [0.5, 0.6) is 5.88 Å². The number of likely N-dealkylation sites (N-methyl/N-ethyl adjacent to an activating group) is 1. The number of nitrogens with zero attached hydrogens (tertiary/aromatic N) is 8. The fraction of sp³-hybridized carbons (Fsp3) is 0.417. The second kappa shape index (κ2) is 10.6. The zero-order chi connectivity index (χ0) is 26.9. The minimum atomic E-state index is -3.82. The van der Waals surface area contributed by atoms with Crippen LogP contribution in [0.25, 0.3) is 33.8 Å². The van der Waals surface area contributed by atoms with Gasteiger partial charge in [0.25, 0.3) is 5.56 Å². The Labute approximate surface area is 219 Å². The van der Waals surface area contributed by atoms with Crippen molar-refractivity contribution in [2.45, 2.75) is 32.2 Å². The molecule has 1 N–H and O–H groups in total. The number of piperazine rings is 1. The largest absolute Gasteiger partial charge is 0.477 e. The maximum atomic E-state index is 13.5. The Hall–Kier alpha value is -3.75. The fourth-order valence-electron chi connectivity index (χ4n) is 4.46. The zero-order valence-electron chi connectivity index (χ0n) is 21.5. The summed E-state index contributed by atoms with van der Waals surface area (Å²) in [5.74, 6) is 0.299. The molecule has 1 saturated heterocycles. The Kier molecular flexibility index (Phi) is 7.19. The summed E-state index contributed by atoms with van der Waals surface area (Å²) in [5, 5.41) is 4.81. The summed E-state index contributed by atoms with van der Waals surface area (Å²) in [6.45, 7) is 9.44. The zero-order valence-corrected chi connectivity index (χ0v) is 22.3. The Morgan fingerprint density at radius 1 is 1.03 bits per heavy atom. The van der Waals surface area contributed by atoms with Crippen molar-refractivity contribution in [3.8, 4) is 28.7 Å². The highest BCUT2D eigenvalue weighted by molar-refractivity contribution is 7.89. The normalized spacial score (nSPS) is 15.2. The van der Waals surface area contributed by atoms with Crippen LogP contribution < -0.4 is 10.3 Å². The summed E-state index contributed by atoms with van der Waals surface area (Å²) in [6, 6.07) is 1.46. The van der Waals surface area contributed by atoms with Gasteiger partial charge in [0.05, 0.1) is 24.6 Å². The van der Waals surface area contributed by atoms with Gasteiger partial charge in [-0.05, 0) is 26.5 Å². The van der Waals surface area contributed by atoms with Crippen molar-refractivity contribution in [2.24, 2.45) is 0 Å². The summed E-state index contributed by atoms with van der Waals surface area (Å²) in [5.41, 5.74) is 0.956. The lowest BCUT2D eigenvalue weighted by Gasteiger charge is -2.33. The van der Waals surface area contributed by atoms with Gasteiger partial charge in [-0.3, -0.25) is 14.8 Å². The van der Waals surface area contributed by atoms with Gasteiger partial charge in [0.1, 0.15) is 27.5 Å². The smallest absolute Gasteiger partial charge is 0.263 e. The highest BCUT2D eigenvalue weighted by Crippen LogP contribution is 2.31. The molecule has 0 aliphatic carbocycles. The number of rotatable bonds is 8. The van der Waals surface area contributed by atoms with Crippen molar-refractivity contribution in [2.75, 3.05) is 39.3 Å². The number of nitrogens with one attached hydrogen (secondary N) is 1. The van der Waals surface area contributed by atoms with Gasteiger partial charge in [-0.2, -0.15) is 9.40 Å². The molecule has 4 aromatic rings. The van der Waals surface area contributed by atoms with E-state index < -0.39 is 15.6 Å². The van der Waals surface area contributed by atoms with Gasteiger partial charge in [0.15, 0.2) is 5.65 Å². The standard InChI is InChI=1S/C24H29N9O4S/c1-4-31-9-11-32(12-10-31)38(35,36)16-13-17(24(27-14-16)37-6-3)21-28-22-19(23(34)29-21)20(30-33(22)5-2)18-15-25-7-8-26-18/h7-8,13-15H,4-6,9-12H2,1-3H3,(H,28,29,34). The average Bonchev–Trinajstić information content (AvgIpc) is 3.33. The summed E-state index contributed by atoms with van der Waals surface area (Å²) >= 11 is 0. The molecule has 0 amide bonds. The van der Waals surface area contributed by atoms with Crippen LogP contribution in [-0.2, 0) is 16.6 Å². The van der Waals surface area contributed by atoms with E-state index in [9.17, 15) is 13.2 Å². The van der Waals surface area contributed by atoms with Gasteiger partial charge in [0.2, 0.25) is 15.9 Å². The maximum Gasteiger partial charge on any atom is 0.263 e. The highest BCUT2D eigenvalue weighted by Gasteiger charge is 2.30. The first-order valence-corrected chi connectivity index (χ1v) is 13.9. The van der Waals surface area contributed by atoms with Crippen LogP contribution in [0.1, 0.15) is 20.8 Å². The number of aromatic amines is 1. The van der Waals surface area contributed by atoms with E-state index >= 15 is 0 Å². The molecule has 0 atom stereocenters. The van der Waals surface area contributed by atoms with Gasteiger partial charge in [-0.25, -0.2) is 23.1 Å². The molecule has 13 nitrogen and oxygen atoms in total. The Balaban J connectivity index is 1.63. The van der Waals surface area contributed by atoms with Crippen molar-refractivity contribution < 1.29 is 13.2 Å². The molecule has 0 unspecified atom stereocenters. The molecule has 14 heteroatoms. The maximum absolute atomic E-state index is 13.5. The number of fused-ring (bicyclic) bond motifs is 1. The van der Waals surface area contributed by atoms with Crippen LogP contribution in [0, 0.1) is 0 Å². The Morgan fingerprint density at radius 3 is 2.47 bits per heavy atom. The van der Waals surface area contributed by atoms with Crippen molar-refractivity contribution in [3.05, 3.63) is 41.2 Å². The number of hydrogen-bond acceptors (Lipinski definition) is 10. The number of pyridine rings is 1. The molecule has 4 aromatic heterocycles. The van der Waals surface area contributed by atoms with E-state index in [1.807, 2.05) is 6.92 Å². The van der Waals surface area contributed by atoms with Crippen molar-refractivity contribution in [3.63, 3.8) is 0 Å². The lowest BCUT2D eigenvalue weighted by molar-refractivity contribution is 0.196. The van der Waals surface area contributed by atoms with Crippen molar-refractivity contribution in [1.29, 1.82) is 0 Å². The molecule has 1 aliphatic rings. The van der Waals surface area contributed by atoms with E-state index in [0.717, 1.165) is 6.54 Å². The third-order valence-electron chi connectivity index (χ3n) is 6.49. The van der Waals surface area contributed by atoms with Crippen LogP contribution in [-0.4, -0.2) is 91.7 Å². The van der Waals surface area contributed by atoms with E-state index in [1.165, 1.54) is 35.2 Å². The van der Waals surface area contributed by atoms with Crippen molar-refractivity contribution in [1.82, 2.24) is 43.9 Å². The van der Waals surface area contributed by atoms with Crippen LogP contribution >= 0.6 is 0 Å². The molecule has 0 aromatic carbocycles. The second-order valence-electron chi connectivity index (χ2n) is 8.66. The molecule has 200 valence electrons. The van der Waals surface area contributed by atoms with E-state index in [4.69, 9.17) is 4.74 Å². The molecule has 1 fully saturated rings. The summed E-state index contributed by atoms with van der Waals surface area (Å²) in [7, 11) is -3.82. The lowest BCUT2D eigenvalue weighted by Crippen LogP contribution is -2.48. The molecule has 5 rings (SSSR count). The van der Waals surface area contributed by atoms with Crippen LogP contribution in [0.4, 0.5) is 0 Å². The molecule has 1 aliphatic heterocycles. The monoisotopic (exact) mass is 539 g/mol. The first-order chi connectivity index (χ1) is 18.4. The minimum Gasteiger partial charge on any atom is -0.477 e. The Bertz CT molecular complexity index is 1610. The summed E-state index contributed by atoms with van der Waals surface area (Å²) in [6.07, 6.45) is 5.88. The average molecular weight is 540 g/mol. The third-order valence-corrected chi connectivity index (χ3v) is 8.35. The van der Waals surface area contributed by atoms with Crippen molar-refractivity contribution >= 4 is 21.1 Å². The number of aromatic nitrogens is 7. The summed E-state index contributed by atoms with van der Waals surface area (Å²) < 4.78 is 35.7. The van der Waals surface area contributed by atoms with Gasteiger partial charge in [-0.15, -0.1) is 0 Å². The lowest BCUT2D eigenvalue weighted by atomic mass is 10.2. The van der Waals surface area contributed by atoms with Gasteiger partial charge in [-0.1, -0.05) is 6.92 Å². The van der Waals surface area contributed by atoms with Gasteiger partial charge in [0, 0.05) is 45.1 Å². The predicted molar refractivity (Wildman–Crippen MR) is 140 cm³/mol. The molecule has 0 bridgehead atoms. The first-order valence-electron chi connectivity index (χ1n) is 12.5. The topological polar surface area (TPSA) is 152 Å². The van der Waals surface area contributed by atoms with E-state index in [1.54, 1.807) is 11.6 Å². The summed E-state index contributed by atoms with van der Waals surface area (Å²) in [4.78, 5) is 35.7. The second-order valence-corrected chi connectivity index (χ2v) is 10.6. The molecular weight excluding hydrogens is 510 g/mol. The number of ether oxygens (including phenoxy) is 1. The van der Waals surface area contributed by atoms with Crippen LogP contribution in [0.15, 0.2) is 40.5 Å². The number of aryl methyl sites for hydroxylation is 1. The SMILES string of the molecule is CCOc1ncc(S(=O)(=O)N2CCN(CC)CC2)cc1-c1nc2c(c(-c3cnccn3)nn2CC)c(=O)[nH]1. The van der Waals surface area contributed by atoms with E-state index in [-0.39, 0.29) is 27.5 Å². The molecular formula is C24H29N9O4S. The molecule has 0 saturated carbocycles. The van der Waals surface area contributed by atoms with Gasteiger partial charge < -0.3 is 14.6 Å². The molecule has 0 radical (unpaired) electrons. The molecule has 38 heavy (non-hydrogen) atoms. The fourth-order valence-corrected chi connectivity index (χ4v) is 5.85. The van der Waals surface area contributed by atoms with Gasteiger partial charge >= 0.3 is 0 Å². The van der Waals surface area contributed by atoms with E-state index in [0.29, 0.717) is 56.4 Å². The highest BCUT2D eigenvalue weighted by atomic mass is 32.2. The number of hydrogen-bond donors (Lipinski definition) is 1. The first kappa shape index (κ1) is 25.9.